The summed E-state index contributed by atoms with van der Waals surface area (Å²) in [4.78, 5) is 77.3. The standard InChI is InChI=1S/C24H28F3N9O2.C12H22N6.C11H20N6.C9H18N2O2.C7H16N2O.C7H14N2O.C5H12N2.ClH/c25-24(26,27)38-19-3-1-2-17(12-19)13-28-23-29-14-18(15-30-23)22(37)36-10-8-34(9-11-36)6-7-35-5-4-20-21(16-35)32-33-31-20;1-16-4-6-17(7-5-16)8-9-18-3-2-11-12(10-18)14-15-13-11;1-4-17(9-11-10(1)13-15-14-11)8-7-16-5-2-12-3-6-16;1-3-13-9(12)8-11-6-4-10(2)5-7-11;2*1-8-2-4-9(5-3-8)6-7-10;1-7-4-2-6-3-5-7;/h1-3,12,14-15H,4-11,13,16H2,(H,28,29,30)(H,31,32,33);2-10H2,1H3,(H,13,14,15);12H,1-9H2,(H,13,14,15);3-8H2,1-2H3;10H,2-7H2,1H3;7H,2-6H2,1H3;6H,2-5H2,1H3;1H. The second kappa shape index (κ2) is 50.8. The maximum Gasteiger partial charge on any atom is 0.573 e. The summed E-state index contributed by atoms with van der Waals surface area (Å²) in [5.41, 5.74) is 7.63. The zero-order chi connectivity index (χ0) is 80.0. The SMILES string of the molecule is C1CN(CCN2CCc3n[nH]nc3C2)CCN1.CCOC(=O)CN1CCN(C)CC1.CN1CCN(CC=O)CC1.CN1CCN(CCN2CCc3n[nH]nc3C2)CC1.CN1CCN(CCO)CC1.CN1CCNCC1.Cl.O=C(c1cnc(NCc2cccc(OC(F)(F)F)c2)nc1)N1CCN(CCN2CCc3n[nH]nc3C2)CC1. The maximum atomic E-state index is 12.9. The number of nitrogens with one attached hydrogen (secondary N) is 6. The number of aldehydes is 1. The summed E-state index contributed by atoms with van der Waals surface area (Å²) in [6.07, 6.45) is 2.13. The van der Waals surface area contributed by atoms with Gasteiger partial charge in [0.15, 0.2) is 0 Å². The molecule has 0 aliphatic carbocycles. The number of likely N-dealkylation sites (N-methyl/N-ethyl adjacent to an activating group) is 5. The number of carbonyl (C=O) groups excluding carboxylic acids is 3. The highest BCUT2D eigenvalue weighted by molar-refractivity contribution is 5.93. The number of H-pyrrole nitrogens is 3. The third kappa shape index (κ3) is 34.5. The zero-order valence-corrected chi connectivity index (χ0v) is 69.3. The molecule has 0 unspecified atom stereocenters. The molecule has 4 aromatic heterocycles. The molecule has 1 aromatic carbocycles. The summed E-state index contributed by atoms with van der Waals surface area (Å²) in [7, 11) is 10.7. The fourth-order valence-electron chi connectivity index (χ4n) is 14.3. The minimum Gasteiger partial charge on any atom is -0.465 e. The molecule has 15 rings (SSSR count). The average Bonchev–Trinajstić information content (AvgIpc) is 1.04. The fourth-order valence-corrected chi connectivity index (χ4v) is 14.3. The van der Waals surface area contributed by atoms with Crippen molar-refractivity contribution in [1.29, 1.82) is 0 Å². The van der Waals surface area contributed by atoms with Gasteiger partial charge < -0.3 is 64.7 Å². The van der Waals surface area contributed by atoms with Crippen LogP contribution in [0.3, 0.4) is 0 Å². The van der Waals surface area contributed by atoms with Gasteiger partial charge in [0.25, 0.3) is 5.91 Å². The molecule has 0 saturated carbocycles. The lowest BCUT2D eigenvalue weighted by molar-refractivity contribution is -0.274. The van der Waals surface area contributed by atoms with Crippen LogP contribution in [0.5, 0.6) is 5.75 Å². The van der Waals surface area contributed by atoms with Crippen LogP contribution < -0.4 is 20.7 Å². The number of piperazine rings is 7. The highest BCUT2D eigenvalue weighted by Crippen LogP contribution is 2.24. The number of nitrogens with zero attached hydrogens (tertiary/aromatic N) is 23. The van der Waals surface area contributed by atoms with Gasteiger partial charge in [0.05, 0.1) is 66.0 Å². The molecule has 10 aliphatic rings. The number of amides is 1. The van der Waals surface area contributed by atoms with E-state index < -0.39 is 6.36 Å². The summed E-state index contributed by atoms with van der Waals surface area (Å²) >= 11 is 0. The molecular formula is C75H131ClF3N29O6. The topological polar surface area (TPSA) is 325 Å². The molecule has 0 radical (unpaired) electrons. The normalized spacial score (nSPS) is 20.5. The molecule has 1 amide bonds. The first kappa shape index (κ1) is 92.8. The average molecular weight is 1630 g/mol. The molecule has 0 bridgehead atoms. The first-order chi connectivity index (χ1) is 54.8. The first-order valence-electron chi connectivity index (χ1n) is 40.7. The number of alkyl halides is 3. The lowest BCUT2D eigenvalue weighted by Crippen LogP contribution is -2.50. The van der Waals surface area contributed by atoms with Gasteiger partial charge in [-0.25, -0.2) is 9.97 Å². The van der Waals surface area contributed by atoms with Crippen LogP contribution in [0.2, 0.25) is 0 Å². The van der Waals surface area contributed by atoms with Gasteiger partial charge in [-0.1, -0.05) is 12.1 Å². The van der Waals surface area contributed by atoms with Gasteiger partial charge in [-0.2, -0.15) is 46.2 Å². The summed E-state index contributed by atoms with van der Waals surface area (Å²) in [5.74, 6) is -0.255. The number of aliphatic hydroxyl groups is 1. The third-order valence-corrected chi connectivity index (χ3v) is 21.9. The zero-order valence-electron chi connectivity index (χ0n) is 68.5. The molecule has 35 nitrogen and oxygen atoms in total. The number of aromatic nitrogens is 11. The van der Waals surface area contributed by atoms with Gasteiger partial charge >= 0.3 is 12.3 Å². The molecule has 39 heteroatoms. The molecule has 7 saturated heterocycles. The van der Waals surface area contributed by atoms with Crippen molar-refractivity contribution in [2.45, 2.75) is 58.7 Å². The Morgan fingerprint density at radius 2 is 0.877 bits per heavy atom. The van der Waals surface area contributed by atoms with Crippen LogP contribution in [-0.4, -0.2) is 470 Å². The maximum absolute atomic E-state index is 12.9. The number of ether oxygens (including phenoxy) is 2. The molecule has 0 atom stereocenters. The van der Waals surface area contributed by atoms with E-state index in [-0.39, 0.29) is 42.5 Å². The molecule has 7 N–H and O–H groups in total. The number of β-amino-alcohol motifs (C(OH)–C–C–N with tert-alkyl or cyclic N) is 1. The van der Waals surface area contributed by atoms with Crippen LogP contribution in [0.1, 0.15) is 57.0 Å². The highest BCUT2D eigenvalue weighted by Gasteiger charge is 2.32. The van der Waals surface area contributed by atoms with E-state index in [9.17, 15) is 27.6 Å². The Morgan fingerprint density at radius 1 is 0.491 bits per heavy atom. The van der Waals surface area contributed by atoms with Crippen molar-refractivity contribution in [3.8, 4) is 5.75 Å². The van der Waals surface area contributed by atoms with E-state index in [1.54, 1.807) is 11.0 Å². The first-order valence-corrected chi connectivity index (χ1v) is 40.7. The Kier molecular flexibility index (Phi) is 41.4. The lowest BCUT2D eigenvalue weighted by atomic mass is 10.1. The second-order valence-electron chi connectivity index (χ2n) is 30.5. The van der Waals surface area contributed by atoms with E-state index in [1.807, 2.05) is 6.92 Å². The number of carbonyl (C=O) groups is 3. The van der Waals surface area contributed by atoms with Crippen LogP contribution in [0.15, 0.2) is 36.7 Å². The predicted molar refractivity (Wildman–Crippen MR) is 433 cm³/mol. The molecule has 7 fully saturated rings. The van der Waals surface area contributed by atoms with Crippen LogP contribution in [-0.2, 0) is 59.8 Å². The van der Waals surface area contributed by atoms with E-state index in [4.69, 9.17) is 9.84 Å². The minimum absolute atomic E-state index is 0. The molecule has 10 aliphatic heterocycles. The number of anilines is 1. The van der Waals surface area contributed by atoms with Gasteiger partial charge in [-0.15, -0.1) is 25.6 Å². The number of rotatable bonds is 21. The fraction of sp³-hybridized carbons (Fsp3) is 0.747. The van der Waals surface area contributed by atoms with Gasteiger partial charge in [0, 0.05) is 307 Å². The monoisotopic (exact) mass is 1630 g/mol. The molecule has 14 heterocycles. The van der Waals surface area contributed by atoms with E-state index in [0.717, 1.165) is 250 Å². The van der Waals surface area contributed by atoms with Crippen molar-refractivity contribution in [3.05, 3.63) is 81.9 Å². The Morgan fingerprint density at radius 3 is 1.29 bits per heavy atom. The molecule has 114 heavy (non-hydrogen) atoms. The van der Waals surface area contributed by atoms with Crippen molar-refractivity contribution in [3.63, 3.8) is 0 Å². The van der Waals surface area contributed by atoms with Crippen molar-refractivity contribution >= 4 is 36.5 Å². The van der Waals surface area contributed by atoms with Crippen LogP contribution in [0.25, 0.3) is 0 Å². The number of aliphatic hydroxyl groups excluding tert-OH is 1. The van der Waals surface area contributed by atoms with Crippen LogP contribution in [0, 0.1) is 0 Å². The lowest BCUT2D eigenvalue weighted by Gasteiger charge is -2.36. The Labute approximate surface area is 678 Å². The quantitative estimate of drug-likeness (QED) is 0.0335. The van der Waals surface area contributed by atoms with Crippen LogP contribution >= 0.6 is 12.4 Å². The summed E-state index contributed by atoms with van der Waals surface area (Å²) in [6.45, 7) is 47.0. The smallest absolute Gasteiger partial charge is 0.465 e. The van der Waals surface area contributed by atoms with Crippen molar-refractivity contribution in [1.82, 2.24) is 140 Å². The third-order valence-electron chi connectivity index (χ3n) is 21.9. The molecule has 640 valence electrons. The Balaban J connectivity index is 0.000000181. The number of aromatic amines is 3. The van der Waals surface area contributed by atoms with Gasteiger partial charge in [0.1, 0.15) is 12.0 Å². The van der Waals surface area contributed by atoms with Gasteiger partial charge in [0.2, 0.25) is 5.95 Å². The predicted octanol–water partition coefficient (Wildman–Crippen LogP) is -1.20. The summed E-state index contributed by atoms with van der Waals surface area (Å²) in [5, 5.41) is 51.5. The van der Waals surface area contributed by atoms with Gasteiger partial charge in [-0.05, 0) is 59.9 Å². The van der Waals surface area contributed by atoms with Crippen molar-refractivity contribution in [2.75, 3.05) is 316 Å². The second-order valence-corrected chi connectivity index (χ2v) is 30.5. The van der Waals surface area contributed by atoms with E-state index in [0.29, 0.717) is 50.5 Å². The van der Waals surface area contributed by atoms with E-state index in [1.165, 1.54) is 96.0 Å². The number of hydrogen-bond donors (Lipinski definition) is 7. The highest BCUT2D eigenvalue weighted by atomic mass is 35.5. The van der Waals surface area contributed by atoms with Crippen LogP contribution in [0.4, 0.5) is 19.1 Å². The van der Waals surface area contributed by atoms with Crippen molar-refractivity contribution in [2.24, 2.45) is 0 Å². The molecule has 0 spiro atoms. The molecular weight excluding hydrogens is 1500 g/mol. The van der Waals surface area contributed by atoms with E-state index >= 15 is 0 Å². The summed E-state index contributed by atoms with van der Waals surface area (Å²) in [6, 6.07) is 5.65. The summed E-state index contributed by atoms with van der Waals surface area (Å²) < 4.78 is 46.1. The largest absolute Gasteiger partial charge is 0.573 e. The van der Waals surface area contributed by atoms with Crippen molar-refractivity contribution < 1.29 is 42.1 Å². The van der Waals surface area contributed by atoms with Gasteiger partial charge in [-0.3, -0.25) is 53.7 Å². The number of fused-ring (bicyclic) bond motifs is 3. The minimum atomic E-state index is -4.75. The number of halogens is 4. The van der Waals surface area contributed by atoms with E-state index in [2.05, 4.69) is 181 Å². The number of benzene rings is 1. The molecule has 5 aromatic rings. The Hall–Kier alpha value is -6.67. The number of esters is 1. The number of hydrogen-bond acceptors (Lipinski definition) is 31. The Bertz CT molecular complexity index is 3430.